The number of pyridine rings is 1. The maximum Gasteiger partial charge on any atom is 0.423 e. The van der Waals surface area contributed by atoms with Gasteiger partial charge in [-0.3, -0.25) is 4.40 Å². The quantitative estimate of drug-likeness (QED) is 0.620. The number of aromatic nitrogens is 5. The standard InChI is InChI=1S/C21H24F3N7O/c1-12-16(11-25-12)32-19-15(21(22,23)24)10-26-20(28-19)27-14-6-4-5-13(9-14)18-30-29-17-7-2-3-8-31(17)18/h2-3,7-8,10,12-14,16,25H,4-6,9,11H2,1H3,(H,26,27,28)/t12?,13-,14+,16?/m0/s1. The molecule has 8 nitrogen and oxygen atoms in total. The molecule has 2 N–H and O–H groups in total. The molecule has 5 rings (SSSR count). The first-order chi connectivity index (χ1) is 15.4. The zero-order valence-corrected chi connectivity index (χ0v) is 17.5. The summed E-state index contributed by atoms with van der Waals surface area (Å²) < 4.78 is 47.9. The third kappa shape index (κ3) is 4.08. The van der Waals surface area contributed by atoms with E-state index in [1.54, 1.807) is 0 Å². The van der Waals surface area contributed by atoms with E-state index >= 15 is 0 Å². The lowest BCUT2D eigenvalue weighted by Gasteiger charge is -2.35. The normalized spacial score (nSPS) is 26.0. The monoisotopic (exact) mass is 447 g/mol. The van der Waals surface area contributed by atoms with Gasteiger partial charge >= 0.3 is 6.18 Å². The van der Waals surface area contributed by atoms with Gasteiger partial charge in [-0.25, -0.2) is 4.98 Å². The summed E-state index contributed by atoms with van der Waals surface area (Å²) >= 11 is 0. The number of hydrogen-bond acceptors (Lipinski definition) is 7. The zero-order valence-electron chi connectivity index (χ0n) is 17.5. The van der Waals surface area contributed by atoms with Crippen LogP contribution in [0.25, 0.3) is 5.65 Å². The predicted molar refractivity (Wildman–Crippen MR) is 111 cm³/mol. The Kier molecular flexibility index (Phi) is 5.36. The second kappa shape index (κ2) is 8.19. The second-order valence-corrected chi connectivity index (χ2v) is 8.46. The van der Waals surface area contributed by atoms with Crippen LogP contribution >= 0.6 is 0 Å². The molecule has 0 spiro atoms. The van der Waals surface area contributed by atoms with Crippen LogP contribution in [0, 0.1) is 0 Å². The molecule has 1 saturated carbocycles. The molecule has 0 amide bonds. The van der Waals surface area contributed by atoms with Gasteiger partial charge in [-0.2, -0.15) is 18.2 Å². The van der Waals surface area contributed by atoms with Crippen LogP contribution in [0.15, 0.2) is 30.6 Å². The fourth-order valence-corrected chi connectivity index (χ4v) is 4.33. The highest BCUT2D eigenvalue weighted by Crippen LogP contribution is 2.37. The molecule has 3 aromatic heterocycles. The van der Waals surface area contributed by atoms with Crippen LogP contribution in [0.3, 0.4) is 0 Å². The van der Waals surface area contributed by atoms with E-state index in [9.17, 15) is 13.2 Å². The fourth-order valence-electron chi connectivity index (χ4n) is 4.33. The molecule has 4 atom stereocenters. The van der Waals surface area contributed by atoms with Gasteiger partial charge in [0.15, 0.2) is 5.65 Å². The van der Waals surface area contributed by atoms with E-state index in [0.717, 1.165) is 43.4 Å². The van der Waals surface area contributed by atoms with Crippen LogP contribution in [-0.4, -0.2) is 49.3 Å². The minimum atomic E-state index is -4.58. The summed E-state index contributed by atoms with van der Waals surface area (Å²) in [4.78, 5) is 8.04. The largest absolute Gasteiger partial charge is 0.471 e. The molecular formula is C21H24F3N7O. The Morgan fingerprint density at radius 2 is 2.09 bits per heavy atom. The van der Waals surface area contributed by atoms with Crippen molar-refractivity contribution in [1.29, 1.82) is 0 Å². The van der Waals surface area contributed by atoms with Gasteiger partial charge in [0.25, 0.3) is 0 Å². The van der Waals surface area contributed by atoms with Gasteiger partial charge in [0.2, 0.25) is 11.8 Å². The molecule has 0 bridgehead atoms. The van der Waals surface area contributed by atoms with Gasteiger partial charge in [0.1, 0.15) is 17.5 Å². The highest BCUT2D eigenvalue weighted by molar-refractivity contribution is 5.38. The van der Waals surface area contributed by atoms with Crippen LogP contribution in [0.5, 0.6) is 5.88 Å². The first-order valence-electron chi connectivity index (χ1n) is 10.8. The van der Waals surface area contributed by atoms with E-state index < -0.39 is 17.6 Å². The average Bonchev–Trinajstić information content (AvgIpc) is 3.20. The van der Waals surface area contributed by atoms with Crippen molar-refractivity contribution in [3.05, 3.63) is 42.0 Å². The van der Waals surface area contributed by atoms with Gasteiger partial charge in [-0.15, -0.1) is 10.2 Å². The lowest BCUT2D eigenvalue weighted by Crippen LogP contribution is -2.58. The highest BCUT2D eigenvalue weighted by atomic mass is 19.4. The van der Waals surface area contributed by atoms with Crippen LogP contribution in [0.4, 0.5) is 19.1 Å². The van der Waals surface area contributed by atoms with Crippen molar-refractivity contribution >= 4 is 11.6 Å². The molecule has 11 heteroatoms. The number of halogens is 3. The van der Waals surface area contributed by atoms with E-state index in [1.807, 2.05) is 35.7 Å². The maximum absolute atomic E-state index is 13.4. The van der Waals surface area contributed by atoms with Gasteiger partial charge in [0.05, 0.1) is 0 Å². The molecule has 32 heavy (non-hydrogen) atoms. The second-order valence-electron chi connectivity index (χ2n) is 8.46. The zero-order chi connectivity index (χ0) is 22.3. The lowest BCUT2D eigenvalue weighted by atomic mass is 9.85. The summed E-state index contributed by atoms with van der Waals surface area (Å²) in [7, 11) is 0. The van der Waals surface area contributed by atoms with Crippen molar-refractivity contribution in [2.75, 3.05) is 11.9 Å². The molecule has 1 aliphatic heterocycles. The van der Waals surface area contributed by atoms with Crippen LogP contribution in [-0.2, 0) is 6.18 Å². The number of anilines is 1. The maximum atomic E-state index is 13.4. The molecule has 2 aliphatic rings. The van der Waals surface area contributed by atoms with E-state index in [0.29, 0.717) is 6.54 Å². The first kappa shape index (κ1) is 20.9. The minimum Gasteiger partial charge on any atom is -0.471 e. The van der Waals surface area contributed by atoms with Gasteiger partial charge in [-0.05, 0) is 38.3 Å². The van der Waals surface area contributed by atoms with Crippen LogP contribution < -0.4 is 15.4 Å². The summed E-state index contributed by atoms with van der Waals surface area (Å²) in [6, 6.07) is 5.75. The van der Waals surface area contributed by atoms with Gasteiger partial charge in [0, 0.05) is 36.9 Å². The van der Waals surface area contributed by atoms with Crippen molar-refractivity contribution < 1.29 is 17.9 Å². The Morgan fingerprint density at radius 1 is 1.22 bits per heavy atom. The number of ether oxygens (including phenoxy) is 1. The molecule has 4 heterocycles. The third-order valence-corrected chi connectivity index (χ3v) is 6.23. The molecule has 0 aromatic carbocycles. The number of alkyl halides is 3. The highest BCUT2D eigenvalue weighted by Gasteiger charge is 2.39. The molecule has 2 unspecified atom stereocenters. The molecule has 3 aromatic rings. The van der Waals surface area contributed by atoms with Gasteiger partial charge in [-0.1, -0.05) is 12.5 Å². The molecular weight excluding hydrogens is 423 g/mol. The smallest absolute Gasteiger partial charge is 0.423 e. The summed E-state index contributed by atoms with van der Waals surface area (Å²) in [5, 5.41) is 14.9. The summed E-state index contributed by atoms with van der Waals surface area (Å²) in [5.74, 6) is 0.801. The van der Waals surface area contributed by atoms with Crippen LogP contribution in [0.1, 0.15) is 49.9 Å². The third-order valence-electron chi connectivity index (χ3n) is 6.23. The molecule has 1 saturated heterocycles. The van der Waals surface area contributed by atoms with E-state index in [1.165, 1.54) is 0 Å². The van der Waals surface area contributed by atoms with Crippen molar-refractivity contribution in [2.24, 2.45) is 0 Å². The van der Waals surface area contributed by atoms with Crippen molar-refractivity contribution in [3.63, 3.8) is 0 Å². The number of hydrogen-bond donors (Lipinski definition) is 2. The Bertz CT molecular complexity index is 1100. The van der Waals surface area contributed by atoms with E-state index in [-0.39, 0.29) is 30.1 Å². The molecule has 0 radical (unpaired) electrons. The number of rotatable bonds is 5. The Balaban J connectivity index is 1.34. The lowest BCUT2D eigenvalue weighted by molar-refractivity contribution is -0.140. The topological polar surface area (TPSA) is 89.3 Å². The minimum absolute atomic E-state index is 0.0127. The molecule has 2 fully saturated rings. The first-order valence-corrected chi connectivity index (χ1v) is 10.8. The predicted octanol–water partition coefficient (Wildman–Crippen LogP) is 3.42. The molecule has 1 aliphatic carbocycles. The number of fused-ring (bicyclic) bond motifs is 1. The number of nitrogens with zero attached hydrogens (tertiary/aromatic N) is 5. The fraction of sp³-hybridized carbons (Fsp3) is 0.524. The van der Waals surface area contributed by atoms with E-state index in [2.05, 4.69) is 30.8 Å². The number of nitrogens with one attached hydrogen (secondary N) is 2. The SMILES string of the molecule is CC1NCC1Oc1nc(N[C@@H]2CCC[C@H](c3nnc4ccccn34)C2)ncc1C(F)(F)F. The average molecular weight is 447 g/mol. The van der Waals surface area contributed by atoms with Crippen LogP contribution in [0.2, 0.25) is 0 Å². The van der Waals surface area contributed by atoms with Crippen molar-refractivity contribution in [1.82, 2.24) is 29.9 Å². The summed E-state index contributed by atoms with van der Waals surface area (Å²) in [5.41, 5.74) is -0.163. The molecule has 170 valence electrons. The van der Waals surface area contributed by atoms with E-state index in [4.69, 9.17) is 4.74 Å². The van der Waals surface area contributed by atoms with Crippen molar-refractivity contribution in [3.8, 4) is 5.88 Å². The summed E-state index contributed by atoms with van der Waals surface area (Å²) in [6.45, 7) is 2.35. The Morgan fingerprint density at radius 3 is 2.84 bits per heavy atom. The van der Waals surface area contributed by atoms with Crippen molar-refractivity contribution in [2.45, 2.75) is 62.9 Å². The Labute approximate surface area is 182 Å². The van der Waals surface area contributed by atoms with Gasteiger partial charge < -0.3 is 15.4 Å². The summed E-state index contributed by atoms with van der Waals surface area (Å²) in [6.07, 6.45) is 1.38. The Hall–Kier alpha value is -2.95.